The molecule has 20 heavy (non-hydrogen) atoms. The van der Waals surface area contributed by atoms with Crippen molar-refractivity contribution in [1.82, 2.24) is 15.0 Å². The fourth-order valence-corrected chi connectivity index (χ4v) is 3.12. The van der Waals surface area contributed by atoms with Crippen LogP contribution in [0, 0.1) is 4.64 Å². The molecule has 0 saturated carbocycles. The Bertz CT molecular complexity index is 723. The lowest BCUT2D eigenvalue weighted by Crippen LogP contribution is -2.16. The molecule has 7 heteroatoms. The molecule has 0 aliphatic carbocycles. The van der Waals surface area contributed by atoms with Crippen molar-refractivity contribution in [3.05, 3.63) is 37.1 Å². The van der Waals surface area contributed by atoms with Crippen molar-refractivity contribution >= 4 is 51.3 Å². The van der Waals surface area contributed by atoms with Crippen LogP contribution >= 0.6 is 51.3 Å². The van der Waals surface area contributed by atoms with Gasteiger partial charge in [-0.3, -0.25) is 0 Å². The van der Waals surface area contributed by atoms with Gasteiger partial charge in [0.25, 0.3) is 0 Å². The smallest absolute Gasteiger partial charge is 0.159 e. The average Bonchev–Trinajstić information content (AvgIpc) is 2.31. The van der Waals surface area contributed by atoms with E-state index in [1.807, 2.05) is 0 Å². The van der Waals surface area contributed by atoms with Crippen molar-refractivity contribution in [2.75, 3.05) is 0 Å². The maximum Gasteiger partial charge on any atom is 0.159 e. The van der Waals surface area contributed by atoms with Crippen LogP contribution in [-0.4, -0.2) is 15.0 Å². The predicted octanol–water partition coefficient (Wildman–Crippen LogP) is 5.57. The molecule has 0 bridgehead atoms. The number of rotatable bonds is 1. The molecule has 3 nitrogen and oxygen atoms in total. The van der Waals surface area contributed by atoms with Crippen LogP contribution in [0.15, 0.2) is 16.7 Å². The fraction of sp³-hybridized carbons (Fsp3) is 0.308. The number of nitrogens with zero attached hydrogens (tertiary/aromatic N) is 2. The van der Waals surface area contributed by atoms with Gasteiger partial charge >= 0.3 is 0 Å². The van der Waals surface area contributed by atoms with Gasteiger partial charge in [-0.25, -0.2) is 9.97 Å². The molecule has 2 rings (SSSR count). The molecule has 0 aliphatic heterocycles. The topological polar surface area (TPSA) is 41.6 Å². The first-order valence-corrected chi connectivity index (χ1v) is 7.77. The zero-order valence-corrected chi connectivity index (χ0v) is 15.0. The van der Waals surface area contributed by atoms with Crippen LogP contribution in [0.1, 0.15) is 26.5 Å². The van der Waals surface area contributed by atoms with E-state index in [0.29, 0.717) is 26.2 Å². The van der Waals surface area contributed by atoms with Crippen molar-refractivity contribution in [3.8, 4) is 11.5 Å². The van der Waals surface area contributed by atoms with Gasteiger partial charge in [0.05, 0.1) is 14.5 Å². The number of pyridine rings is 1. The van der Waals surface area contributed by atoms with E-state index in [2.05, 4.69) is 51.7 Å². The van der Waals surface area contributed by atoms with Crippen LogP contribution < -0.4 is 0 Å². The van der Waals surface area contributed by atoms with E-state index in [-0.39, 0.29) is 5.41 Å². The van der Waals surface area contributed by atoms with Crippen molar-refractivity contribution in [2.24, 2.45) is 0 Å². The lowest BCUT2D eigenvalue weighted by atomic mass is 9.92. The Hall–Kier alpha value is -0.490. The molecule has 2 heterocycles. The van der Waals surface area contributed by atoms with E-state index in [4.69, 9.17) is 35.4 Å². The van der Waals surface area contributed by atoms with E-state index in [1.165, 1.54) is 6.20 Å². The first kappa shape index (κ1) is 15.9. The molecule has 0 atom stereocenters. The van der Waals surface area contributed by atoms with Crippen molar-refractivity contribution in [2.45, 2.75) is 26.2 Å². The van der Waals surface area contributed by atoms with Crippen LogP contribution in [0.2, 0.25) is 10.0 Å². The highest BCUT2D eigenvalue weighted by Crippen LogP contribution is 2.32. The van der Waals surface area contributed by atoms with Crippen LogP contribution in [0.4, 0.5) is 0 Å². The van der Waals surface area contributed by atoms with E-state index < -0.39 is 0 Å². The molecule has 0 unspecified atom stereocenters. The molecule has 0 saturated heterocycles. The third-order valence-corrected chi connectivity index (χ3v) is 4.47. The Morgan fingerprint density at radius 2 is 1.95 bits per heavy atom. The minimum absolute atomic E-state index is 0.122. The Morgan fingerprint density at radius 1 is 1.30 bits per heavy atom. The monoisotopic (exact) mass is 391 g/mol. The van der Waals surface area contributed by atoms with Crippen molar-refractivity contribution in [1.29, 1.82) is 0 Å². The van der Waals surface area contributed by atoms with Gasteiger partial charge in [0.2, 0.25) is 0 Å². The van der Waals surface area contributed by atoms with E-state index in [0.717, 1.165) is 10.2 Å². The van der Waals surface area contributed by atoms with Crippen LogP contribution in [-0.2, 0) is 5.41 Å². The molecule has 0 fully saturated rings. The normalized spacial score (nSPS) is 11.7. The van der Waals surface area contributed by atoms with Gasteiger partial charge in [-0.05, 0) is 22.0 Å². The summed E-state index contributed by atoms with van der Waals surface area (Å²) >= 11 is 20.8. The average molecular weight is 393 g/mol. The summed E-state index contributed by atoms with van der Waals surface area (Å²) in [6.07, 6.45) is 1.53. The summed E-state index contributed by atoms with van der Waals surface area (Å²) in [7, 11) is 0. The van der Waals surface area contributed by atoms with Crippen LogP contribution in [0.3, 0.4) is 0 Å². The fourth-order valence-electron chi connectivity index (χ4n) is 1.68. The third kappa shape index (κ3) is 3.22. The molecule has 0 aliphatic rings. The molecule has 0 radical (unpaired) electrons. The molecule has 0 amide bonds. The van der Waals surface area contributed by atoms with Gasteiger partial charge in [0, 0.05) is 17.3 Å². The maximum atomic E-state index is 6.17. The Kier molecular flexibility index (Phi) is 4.54. The minimum Gasteiger partial charge on any atom is -0.340 e. The quantitative estimate of drug-likeness (QED) is 0.645. The number of nitrogens with one attached hydrogen (secondary N) is 1. The van der Waals surface area contributed by atoms with Gasteiger partial charge in [-0.2, -0.15) is 0 Å². The summed E-state index contributed by atoms with van der Waals surface area (Å²) in [4.78, 5) is 11.8. The number of hydrogen-bond acceptors (Lipinski definition) is 3. The second-order valence-corrected chi connectivity index (χ2v) is 7.34. The second kappa shape index (κ2) is 5.72. The van der Waals surface area contributed by atoms with Gasteiger partial charge in [-0.15, -0.1) is 0 Å². The summed E-state index contributed by atoms with van der Waals surface area (Å²) < 4.78 is 1.25. The molecule has 106 valence electrons. The lowest BCUT2D eigenvalue weighted by Gasteiger charge is -2.21. The van der Waals surface area contributed by atoms with E-state index in [9.17, 15) is 0 Å². The number of aromatic amines is 1. The number of aromatic nitrogens is 3. The number of H-pyrrole nitrogens is 1. The summed E-state index contributed by atoms with van der Waals surface area (Å²) in [5.41, 5.74) is 1.35. The van der Waals surface area contributed by atoms with Crippen LogP contribution in [0.25, 0.3) is 11.5 Å². The highest BCUT2D eigenvalue weighted by atomic mass is 79.9. The lowest BCUT2D eigenvalue weighted by molar-refractivity contribution is 0.563. The van der Waals surface area contributed by atoms with E-state index in [1.54, 1.807) is 6.07 Å². The molecular weight excluding hydrogens is 381 g/mol. The Labute approximate surface area is 140 Å². The van der Waals surface area contributed by atoms with Gasteiger partial charge < -0.3 is 4.98 Å². The summed E-state index contributed by atoms with van der Waals surface area (Å²) in [5.74, 6) is 0.532. The maximum absolute atomic E-state index is 6.17. The standard InChI is InChI=1S/C13H12BrCl2N3S/c1-13(2,3)10-8(14)12(20)19-11(18-10)9-7(16)4-6(15)5-17-9/h4-5H,1-3H3,(H,18,19,20). The number of halogens is 3. The zero-order valence-electron chi connectivity index (χ0n) is 11.1. The van der Waals surface area contributed by atoms with Gasteiger partial charge in [0.15, 0.2) is 5.82 Å². The molecule has 1 N–H and O–H groups in total. The third-order valence-electron chi connectivity index (χ3n) is 2.65. The summed E-state index contributed by atoms with van der Waals surface area (Å²) in [6, 6.07) is 1.63. The Balaban J connectivity index is 2.70. The molecule has 0 aromatic carbocycles. The highest BCUT2D eigenvalue weighted by molar-refractivity contribution is 9.10. The van der Waals surface area contributed by atoms with Gasteiger partial charge in [0.1, 0.15) is 10.3 Å². The second-order valence-electron chi connectivity index (χ2n) is 5.31. The minimum atomic E-state index is -0.122. The molecule has 0 spiro atoms. The molecule has 2 aromatic heterocycles. The first-order valence-electron chi connectivity index (χ1n) is 5.82. The highest BCUT2D eigenvalue weighted by Gasteiger charge is 2.21. The Morgan fingerprint density at radius 3 is 2.50 bits per heavy atom. The molecule has 2 aromatic rings. The van der Waals surface area contributed by atoms with Crippen molar-refractivity contribution < 1.29 is 0 Å². The van der Waals surface area contributed by atoms with Gasteiger partial charge in [-0.1, -0.05) is 56.2 Å². The first-order chi connectivity index (χ1) is 9.20. The predicted molar refractivity (Wildman–Crippen MR) is 89.1 cm³/mol. The molecular formula is C13H12BrCl2N3S. The summed E-state index contributed by atoms with van der Waals surface area (Å²) in [5, 5.41) is 0.906. The largest absolute Gasteiger partial charge is 0.340 e. The van der Waals surface area contributed by atoms with Crippen LogP contribution in [0.5, 0.6) is 0 Å². The number of hydrogen-bond donors (Lipinski definition) is 1. The van der Waals surface area contributed by atoms with E-state index >= 15 is 0 Å². The van der Waals surface area contributed by atoms with Crippen molar-refractivity contribution in [3.63, 3.8) is 0 Å². The summed E-state index contributed by atoms with van der Waals surface area (Å²) in [6.45, 7) is 6.25. The zero-order chi connectivity index (χ0) is 15.1. The SMILES string of the molecule is CC(C)(C)c1[nH]c(-c2ncc(Cl)cc2Cl)nc(=S)c1Br.